The quantitative estimate of drug-likeness (QED) is 0.438. The van der Waals surface area contributed by atoms with Crippen LogP contribution >= 0.6 is 0 Å². The maximum atomic E-state index is 9.50. The Morgan fingerprint density at radius 1 is 1.50 bits per heavy atom. The van der Waals surface area contributed by atoms with E-state index in [-0.39, 0.29) is 0 Å². The van der Waals surface area contributed by atoms with Crippen LogP contribution in [0.4, 0.5) is 0 Å². The van der Waals surface area contributed by atoms with E-state index in [0.717, 1.165) is 12.8 Å². The van der Waals surface area contributed by atoms with E-state index in [4.69, 9.17) is 0 Å². The van der Waals surface area contributed by atoms with Crippen molar-refractivity contribution < 1.29 is 4.79 Å². The van der Waals surface area contributed by atoms with Gasteiger partial charge in [0.2, 0.25) is 0 Å². The molecule has 0 spiro atoms. The maximum Gasteiger partial charge on any atom is 0.133 e. The van der Waals surface area contributed by atoms with Gasteiger partial charge in [0, 0.05) is 0 Å². The molecule has 50 valence electrons. The summed E-state index contributed by atoms with van der Waals surface area (Å²) in [4.78, 5) is 9.50. The molecule has 0 bridgehead atoms. The standard InChI is InChI=1S/C4H9NO.C2H6/c1-2-5-3-4-6;1-2/h4-5H,2-3H2,1H3;1-2H3. The second-order valence-corrected chi connectivity index (χ2v) is 0.974. The highest BCUT2D eigenvalue weighted by atomic mass is 16.1. The van der Waals surface area contributed by atoms with Crippen molar-refractivity contribution in [2.45, 2.75) is 20.8 Å². The average molecular weight is 117 g/mol. The smallest absolute Gasteiger partial charge is 0.133 e. The minimum absolute atomic E-state index is 0.483. The molecule has 0 amide bonds. The molecule has 2 nitrogen and oxygen atoms in total. The molecule has 0 aromatic rings. The molecular formula is C6H15NO. The van der Waals surface area contributed by atoms with E-state index in [1.807, 2.05) is 20.8 Å². The van der Waals surface area contributed by atoms with E-state index in [2.05, 4.69) is 5.32 Å². The minimum Gasteiger partial charge on any atom is -0.311 e. The van der Waals surface area contributed by atoms with Gasteiger partial charge < -0.3 is 10.1 Å². The third kappa shape index (κ3) is 17.4. The van der Waals surface area contributed by atoms with Crippen molar-refractivity contribution in [2.24, 2.45) is 0 Å². The highest BCUT2D eigenvalue weighted by Gasteiger charge is 1.70. The SMILES string of the molecule is CC.CCNCC=O. The van der Waals surface area contributed by atoms with E-state index in [1.165, 1.54) is 0 Å². The summed E-state index contributed by atoms with van der Waals surface area (Å²) in [6.45, 7) is 7.32. The van der Waals surface area contributed by atoms with Crippen LogP contribution in [0.25, 0.3) is 0 Å². The number of rotatable bonds is 3. The topological polar surface area (TPSA) is 29.1 Å². The van der Waals surface area contributed by atoms with Crippen molar-refractivity contribution in [3.63, 3.8) is 0 Å². The van der Waals surface area contributed by atoms with E-state index < -0.39 is 0 Å². The lowest BCUT2D eigenvalue weighted by atomic mass is 10.7. The third-order valence-corrected chi connectivity index (χ3v) is 0.478. The van der Waals surface area contributed by atoms with Crippen molar-refractivity contribution in [1.82, 2.24) is 5.32 Å². The molecule has 0 fully saturated rings. The van der Waals surface area contributed by atoms with Crippen LogP contribution in [-0.2, 0) is 4.79 Å². The number of hydrogen-bond donors (Lipinski definition) is 1. The Labute approximate surface area is 51.3 Å². The summed E-state index contributed by atoms with van der Waals surface area (Å²) in [6.07, 6.45) is 0.851. The van der Waals surface area contributed by atoms with Gasteiger partial charge in [-0.05, 0) is 6.54 Å². The molecule has 8 heavy (non-hydrogen) atoms. The monoisotopic (exact) mass is 117 g/mol. The van der Waals surface area contributed by atoms with Crippen molar-refractivity contribution in [3.05, 3.63) is 0 Å². The van der Waals surface area contributed by atoms with Crippen molar-refractivity contribution in [2.75, 3.05) is 13.1 Å². The average Bonchev–Trinajstić information content (AvgIpc) is 1.88. The fourth-order valence-corrected chi connectivity index (χ4v) is 0.203. The molecule has 0 saturated carbocycles. The summed E-state index contributed by atoms with van der Waals surface area (Å²) >= 11 is 0. The minimum atomic E-state index is 0.483. The van der Waals surface area contributed by atoms with E-state index >= 15 is 0 Å². The van der Waals surface area contributed by atoms with Gasteiger partial charge in [-0.1, -0.05) is 20.8 Å². The summed E-state index contributed by atoms with van der Waals surface area (Å²) in [6, 6.07) is 0. The molecule has 0 rings (SSSR count). The van der Waals surface area contributed by atoms with Crippen LogP contribution in [0.2, 0.25) is 0 Å². The Kier molecular flexibility index (Phi) is 21.1. The molecule has 0 saturated heterocycles. The highest BCUT2D eigenvalue weighted by molar-refractivity contribution is 5.51. The molecule has 0 atom stereocenters. The molecule has 0 aromatic carbocycles. The highest BCUT2D eigenvalue weighted by Crippen LogP contribution is 1.46. The van der Waals surface area contributed by atoms with Gasteiger partial charge >= 0.3 is 0 Å². The second-order valence-electron chi connectivity index (χ2n) is 0.974. The molecular weight excluding hydrogens is 102 g/mol. The number of aldehydes is 1. The lowest BCUT2D eigenvalue weighted by molar-refractivity contribution is -0.107. The number of carbonyl (C=O) groups excluding carboxylic acids is 1. The second kappa shape index (κ2) is 15.9. The first-order valence-corrected chi connectivity index (χ1v) is 3.06. The Balaban J connectivity index is 0. The van der Waals surface area contributed by atoms with Gasteiger partial charge in [0.1, 0.15) is 6.29 Å². The van der Waals surface area contributed by atoms with E-state index in [9.17, 15) is 4.79 Å². The number of nitrogens with one attached hydrogen (secondary N) is 1. The van der Waals surface area contributed by atoms with Crippen LogP contribution in [0.3, 0.4) is 0 Å². The van der Waals surface area contributed by atoms with Crippen LogP contribution in [0, 0.1) is 0 Å². The fourth-order valence-electron chi connectivity index (χ4n) is 0.203. The van der Waals surface area contributed by atoms with E-state index in [1.54, 1.807) is 0 Å². The van der Waals surface area contributed by atoms with Crippen LogP contribution in [-0.4, -0.2) is 19.4 Å². The van der Waals surface area contributed by atoms with Crippen LogP contribution in [0.1, 0.15) is 20.8 Å². The van der Waals surface area contributed by atoms with Crippen molar-refractivity contribution in [1.29, 1.82) is 0 Å². The third-order valence-electron chi connectivity index (χ3n) is 0.478. The fraction of sp³-hybridized carbons (Fsp3) is 0.833. The molecule has 2 heteroatoms. The first kappa shape index (κ1) is 10.6. The molecule has 0 aliphatic heterocycles. The lowest BCUT2D eigenvalue weighted by Crippen LogP contribution is -2.14. The predicted molar refractivity (Wildman–Crippen MR) is 36.0 cm³/mol. The first-order valence-electron chi connectivity index (χ1n) is 3.06. The molecule has 0 aromatic heterocycles. The Morgan fingerprint density at radius 2 is 2.00 bits per heavy atom. The Morgan fingerprint density at radius 3 is 2.12 bits per heavy atom. The van der Waals surface area contributed by atoms with Crippen LogP contribution in [0.15, 0.2) is 0 Å². The van der Waals surface area contributed by atoms with Gasteiger partial charge in [-0.15, -0.1) is 0 Å². The molecule has 1 N–H and O–H groups in total. The van der Waals surface area contributed by atoms with Gasteiger partial charge in [-0.3, -0.25) is 0 Å². The predicted octanol–water partition coefficient (Wildman–Crippen LogP) is 0.821. The normalized spacial score (nSPS) is 6.88. The van der Waals surface area contributed by atoms with Crippen molar-refractivity contribution in [3.8, 4) is 0 Å². The summed E-state index contributed by atoms with van der Waals surface area (Å²) in [7, 11) is 0. The number of likely N-dealkylation sites (N-methyl/N-ethyl adjacent to an activating group) is 1. The number of hydrogen-bond acceptors (Lipinski definition) is 2. The zero-order chi connectivity index (χ0) is 6.83. The number of carbonyl (C=O) groups is 1. The maximum absolute atomic E-state index is 9.50. The summed E-state index contributed by atoms with van der Waals surface area (Å²) in [5.74, 6) is 0. The molecule has 0 radical (unpaired) electrons. The summed E-state index contributed by atoms with van der Waals surface area (Å²) in [5, 5.41) is 2.83. The van der Waals surface area contributed by atoms with Crippen LogP contribution in [0.5, 0.6) is 0 Å². The van der Waals surface area contributed by atoms with Gasteiger partial charge in [0.15, 0.2) is 0 Å². The van der Waals surface area contributed by atoms with Gasteiger partial charge in [-0.25, -0.2) is 0 Å². The summed E-state index contributed by atoms with van der Waals surface area (Å²) < 4.78 is 0. The zero-order valence-electron chi connectivity index (χ0n) is 5.90. The van der Waals surface area contributed by atoms with Crippen LogP contribution < -0.4 is 5.32 Å². The van der Waals surface area contributed by atoms with Crippen molar-refractivity contribution >= 4 is 6.29 Å². The van der Waals surface area contributed by atoms with Gasteiger partial charge in [-0.2, -0.15) is 0 Å². The molecule has 0 aliphatic carbocycles. The Bertz CT molecular complexity index is 37.5. The largest absolute Gasteiger partial charge is 0.311 e. The Hall–Kier alpha value is -0.370. The first-order chi connectivity index (χ1) is 3.91. The van der Waals surface area contributed by atoms with Gasteiger partial charge in [0.25, 0.3) is 0 Å². The molecule has 0 heterocycles. The van der Waals surface area contributed by atoms with E-state index in [0.29, 0.717) is 6.54 Å². The van der Waals surface area contributed by atoms with Gasteiger partial charge in [0.05, 0.1) is 6.54 Å². The lowest BCUT2D eigenvalue weighted by Gasteiger charge is -1.85. The zero-order valence-corrected chi connectivity index (χ0v) is 5.90. The summed E-state index contributed by atoms with van der Waals surface area (Å²) in [5.41, 5.74) is 0. The molecule has 0 aliphatic rings. The molecule has 0 unspecified atom stereocenters.